The van der Waals surface area contributed by atoms with Gasteiger partial charge < -0.3 is 10.1 Å². The number of esters is 1. The number of amides is 1. The van der Waals surface area contributed by atoms with Crippen molar-refractivity contribution in [3.8, 4) is 0 Å². The minimum Gasteiger partial charge on any atom is -0.467 e. The van der Waals surface area contributed by atoms with E-state index in [1.807, 2.05) is 31.4 Å². The van der Waals surface area contributed by atoms with Crippen LogP contribution in [0.1, 0.15) is 29.9 Å². The summed E-state index contributed by atoms with van der Waals surface area (Å²) in [4.78, 5) is 24.6. The van der Waals surface area contributed by atoms with Crippen LogP contribution in [0.4, 0.5) is 0 Å². The van der Waals surface area contributed by atoms with Crippen molar-refractivity contribution in [1.29, 1.82) is 0 Å². The van der Waals surface area contributed by atoms with Crippen LogP contribution in [-0.4, -0.2) is 25.0 Å². The van der Waals surface area contributed by atoms with Gasteiger partial charge in [0.15, 0.2) is 0 Å². The predicted molar refractivity (Wildman–Crippen MR) is 82.4 cm³/mol. The Bertz CT molecular complexity index is 586. The number of methoxy groups -OCH3 is 1. The van der Waals surface area contributed by atoms with Gasteiger partial charge in [0.25, 0.3) is 5.91 Å². The third-order valence-corrected chi connectivity index (χ3v) is 4.95. The van der Waals surface area contributed by atoms with Crippen LogP contribution in [0.25, 0.3) is 9.40 Å². The summed E-state index contributed by atoms with van der Waals surface area (Å²) < 4.78 is 6.94. The van der Waals surface area contributed by atoms with Crippen LogP contribution in [0.2, 0.25) is 0 Å². The Balaban J connectivity index is 2.11. The summed E-state index contributed by atoms with van der Waals surface area (Å²) in [6, 6.07) is 3.27. The molecule has 0 bridgehead atoms. The molecular formula is C14H17NO3S2. The molecule has 108 valence electrons. The van der Waals surface area contributed by atoms with Gasteiger partial charge in [-0.25, -0.2) is 4.79 Å². The van der Waals surface area contributed by atoms with Gasteiger partial charge in [0, 0.05) is 9.40 Å². The lowest BCUT2D eigenvalue weighted by Gasteiger charge is -2.17. The minimum atomic E-state index is -0.590. The molecule has 20 heavy (non-hydrogen) atoms. The Morgan fingerprint density at radius 1 is 1.35 bits per heavy atom. The van der Waals surface area contributed by atoms with Gasteiger partial charge in [-0.15, -0.1) is 22.7 Å². The zero-order chi connectivity index (χ0) is 14.7. The molecule has 0 aliphatic carbocycles. The van der Waals surface area contributed by atoms with Gasteiger partial charge >= 0.3 is 5.97 Å². The van der Waals surface area contributed by atoms with Gasteiger partial charge in [-0.05, 0) is 29.9 Å². The fraction of sp³-hybridized carbons (Fsp3) is 0.429. The molecule has 0 saturated heterocycles. The SMILES string of the molecule is COC(=O)C(CC(C)C)NC(=O)c1cc2sccc2s1. The first-order chi connectivity index (χ1) is 9.51. The maximum atomic E-state index is 12.2. The van der Waals surface area contributed by atoms with Crippen LogP contribution in [-0.2, 0) is 9.53 Å². The van der Waals surface area contributed by atoms with E-state index < -0.39 is 12.0 Å². The van der Waals surface area contributed by atoms with Crippen LogP contribution in [0.5, 0.6) is 0 Å². The molecule has 1 unspecified atom stereocenters. The molecule has 0 aliphatic heterocycles. The molecule has 2 rings (SSSR count). The highest BCUT2D eigenvalue weighted by Gasteiger charge is 2.24. The summed E-state index contributed by atoms with van der Waals surface area (Å²) in [5, 5.41) is 4.77. The average molecular weight is 311 g/mol. The zero-order valence-electron chi connectivity index (χ0n) is 11.6. The number of hydrogen-bond acceptors (Lipinski definition) is 5. The number of rotatable bonds is 5. The molecule has 1 N–H and O–H groups in total. The third-order valence-electron chi connectivity index (χ3n) is 2.86. The number of carbonyl (C=O) groups is 2. The first kappa shape index (κ1) is 15.0. The summed E-state index contributed by atoms with van der Waals surface area (Å²) in [6.45, 7) is 4.01. The quantitative estimate of drug-likeness (QED) is 0.862. The van der Waals surface area contributed by atoms with Crippen LogP contribution < -0.4 is 5.32 Å². The van der Waals surface area contributed by atoms with E-state index in [1.165, 1.54) is 18.4 Å². The molecule has 0 radical (unpaired) electrons. The fourth-order valence-electron chi connectivity index (χ4n) is 1.93. The van der Waals surface area contributed by atoms with Crippen molar-refractivity contribution in [1.82, 2.24) is 5.32 Å². The number of hydrogen-bond donors (Lipinski definition) is 1. The maximum Gasteiger partial charge on any atom is 0.328 e. The second-order valence-electron chi connectivity index (χ2n) is 4.94. The van der Waals surface area contributed by atoms with Crippen LogP contribution in [0.15, 0.2) is 17.5 Å². The predicted octanol–water partition coefficient (Wildman–Crippen LogP) is 3.28. The molecule has 6 heteroatoms. The normalized spacial score (nSPS) is 12.6. The maximum absolute atomic E-state index is 12.2. The van der Waals surface area contributed by atoms with Gasteiger partial charge in [0.2, 0.25) is 0 Å². The lowest BCUT2D eigenvalue weighted by molar-refractivity contribution is -0.143. The Hall–Kier alpha value is -1.40. The highest BCUT2D eigenvalue weighted by atomic mass is 32.1. The van der Waals surface area contributed by atoms with Crippen LogP contribution in [0.3, 0.4) is 0 Å². The van der Waals surface area contributed by atoms with Crippen molar-refractivity contribution in [3.63, 3.8) is 0 Å². The van der Waals surface area contributed by atoms with E-state index in [2.05, 4.69) is 5.32 Å². The van der Waals surface area contributed by atoms with Crippen molar-refractivity contribution in [2.45, 2.75) is 26.3 Å². The molecule has 2 aromatic heterocycles. The van der Waals surface area contributed by atoms with Crippen molar-refractivity contribution >= 4 is 43.9 Å². The van der Waals surface area contributed by atoms with Crippen molar-refractivity contribution in [2.24, 2.45) is 5.92 Å². The molecule has 2 heterocycles. The van der Waals surface area contributed by atoms with E-state index in [1.54, 1.807) is 11.3 Å². The summed E-state index contributed by atoms with van der Waals surface area (Å²) in [6.07, 6.45) is 0.568. The number of carbonyl (C=O) groups excluding carboxylic acids is 2. The standard InChI is InChI=1S/C14H17NO3S2/c1-8(2)6-9(14(17)18-3)15-13(16)12-7-11-10(20-12)4-5-19-11/h4-5,7-9H,6H2,1-3H3,(H,15,16). The average Bonchev–Trinajstić information content (AvgIpc) is 2.96. The number of nitrogens with one attached hydrogen (secondary N) is 1. The lowest BCUT2D eigenvalue weighted by Crippen LogP contribution is -2.42. The summed E-state index contributed by atoms with van der Waals surface area (Å²) in [5.41, 5.74) is 0. The lowest BCUT2D eigenvalue weighted by atomic mass is 10.0. The molecule has 0 spiro atoms. The number of ether oxygens (including phenoxy) is 1. The molecule has 1 amide bonds. The number of thiophene rings is 2. The van der Waals surface area contributed by atoms with Crippen molar-refractivity contribution in [2.75, 3.05) is 7.11 Å². The van der Waals surface area contributed by atoms with E-state index in [4.69, 9.17) is 4.74 Å². The molecule has 0 saturated carbocycles. The Kier molecular flexibility index (Phi) is 4.77. The Morgan fingerprint density at radius 3 is 2.70 bits per heavy atom. The van der Waals surface area contributed by atoms with E-state index >= 15 is 0 Å². The summed E-state index contributed by atoms with van der Waals surface area (Å²) in [7, 11) is 1.34. The summed E-state index contributed by atoms with van der Waals surface area (Å²) >= 11 is 3.04. The zero-order valence-corrected chi connectivity index (χ0v) is 13.3. The topological polar surface area (TPSA) is 55.4 Å². The molecule has 1 atom stereocenters. The largest absolute Gasteiger partial charge is 0.467 e. The molecule has 4 nitrogen and oxygen atoms in total. The first-order valence-electron chi connectivity index (χ1n) is 6.37. The van der Waals surface area contributed by atoms with Crippen molar-refractivity contribution in [3.05, 3.63) is 22.4 Å². The second-order valence-corrected chi connectivity index (χ2v) is 6.97. The molecule has 2 aromatic rings. The van der Waals surface area contributed by atoms with Crippen molar-refractivity contribution < 1.29 is 14.3 Å². The first-order valence-corrected chi connectivity index (χ1v) is 8.06. The molecule has 0 aromatic carbocycles. The fourth-order valence-corrected chi connectivity index (χ4v) is 3.95. The Morgan fingerprint density at radius 2 is 2.10 bits per heavy atom. The van der Waals surface area contributed by atoms with Gasteiger partial charge in [-0.2, -0.15) is 0 Å². The van der Waals surface area contributed by atoms with Gasteiger partial charge in [0.05, 0.1) is 12.0 Å². The van der Waals surface area contributed by atoms with E-state index in [0.717, 1.165) is 9.40 Å². The van der Waals surface area contributed by atoms with Crippen LogP contribution in [0, 0.1) is 5.92 Å². The highest BCUT2D eigenvalue weighted by Crippen LogP contribution is 2.29. The monoisotopic (exact) mass is 311 g/mol. The minimum absolute atomic E-state index is 0.213. The van der Waals surface area contributed by atoms with Gasteiger partial charge in [-0.1, -0.05) is 13.8 Å². The highest BCUT2D eigenvalue weighted by molar-refractivity contribution is 7.27. The Labute approximate surface area is 125 Å². The van der Waals surface area contributed by atoms with E-state index in [-0.39, 0.29) is 5.91 Å². The third kappa shape index (κ3) is 3.37. The van der Waals surface area contributed by atoms with E-state index in [0.29, 0.717) is 17.2 Å². The summed E-state index contributed by atoms with van der Waals surface area (Å²) in [5.74, 6) is -0.314. The van der Waals surface area contributed by atoms with E-state index in [9.17, 15) is 9.59 Å². The number of fused-ring (bicyclic) bond motifs is 1. The van der Waals surface area contributed by atoms with Gasteiger partial charge in [0.1, 0.15) is 6.04 Å². The molecular weight excluding hydrogens is 294 g/mol. The van der Waals surface area contributed by atoms with Gasteiger partial charge in [-0.3, -0.25) is 4.79 Å². The molecule has 0 fully saturated rings. The van der Waals surface area contributed by atoms with Crippen LogP contribution >= 0.6 is 22.7 Å². The molecule has 0 aliphatic rings. The smallest absolute Gasteiger partial charge is 0.328 e. The second kappa shape index (κ2) is 6.37.